The Morgan fingerprint density at radius 2 is 1.81 bits per heavy atom. The molecule has 2 aliphatic heterocycles. The van der Waals surface area contributed by atoms with E-state index in [1.165, 1.54) is 0 Å². The van der Waals surface area contributed by atoms with Gasteiger partial charge in [0.15, 0.2) is 0 Å². The van der Waals surface area contributed by atoms with Gasteiger partial charge in [0, 0.05) is 24.8 Å². The average molecular weight is 355 g/mol. The van der Waals surface area contributed by atoms with Gasteiger partial charge < -0.3 is 14.2 Å². The van der Waals surface area contributed by atoms with Crippen molar-refractivity contribution >= 4 is 0 Å². The number of piperidine rings is 1. The fraction of sp³-hybridized carbons (Fsp3) is 0.500. The molecule has 2 fully saturated rings. The summed E-state index contributed by atoms with van der Waals surface area (Å²) < 4.78 is 16.5. The average Bonchev–Trinajstić information content (AvgIpc) is 3.24. The first-order valence-electron chi connectivity index (χ1n) is 9.27. The van der Waals surface area contributed by atoms with Crippen LogP contribution in [-0.2, 0) is 4.74 Å². The molecule has 1 aromatic carbocycles. The van der Waals surface area contributed by atoms with Crippen LogP contribution < -0.4 is 9.47 Å². The van der Waals surface area contributed by atoms with Crippen LogP contribution in [0.4, 0.5) is 0 Å². The van der Waals surface area contributed by atoms with E-state index in [0.29, 0.717) is 17.8 Å². The molecule has 2 aromatic rings. The first kappa shape index (κ1) is 17.2. The van der Waals surface area contributed by atoms with E-state index in [4.69, 9.17) is 19.2 Å². The van der Waals surface area contributed by atoms with Crippen molar-refractivity contribution in [1.29, 1.82) is 0 Å². The molecule has 0 spiro atoms. The topological polar surface area (TPSA) is 56.7 Å². The van der Waals surface area contributed by atoms with Gasteiger partial charge in [0.05, 0.1) is 25.6 Å². The first-order chi connectivity index (χ1) is 12.8. The number of methoxy groups -OCH3 is 1. The Morgan fingerprint density at radius 1 is 1.04 bits per heavy atom. The Bertz CT molecular complexity index is 708. The van der Waals surface area contributed by atoms with Crippen LogP contribution in [0.3, 0.4) is 0 Å². The molecule has 6 heteroatoms. The van der Waals surface area contributed by atoms with E-state index in [-0.39, 0.29) is 0 Å². The molecule has 0 aliphatic carbocycles. The van der Waals surface area contributed by atoms with Crippen LogP contribution in [-0.4, -0.2) is 54.3 Å². The maximum atomic E-state index is 5.86. The number of nitrogens with zero attached hydrogens (tertiary/aromatic N) is 3. The van der Waals surface area contributed by atoms with Gasteiger partial charge >= 0.3 is 0 Å². The molecule has 1 unspecified atom stereocenters. The third-order valence-electron chi connectivity index (χ3n) is 5.28. The second-order valence-corrected chi connectivity index (χ2v) is 6.89. The van der Waals surface area contributed by atoms with Crippen molar-refractivity contribution in [3.05, 3.63) is 42.4 Å². The van der Waals surface area contributed by atoms with Crippen LogP contribution >= 0.6 is 0 Å². The van der Waals surface area contributed by atoms with E-state index in [9.17, 15) is 0 Å². The molecule has 0 saturated carbocycles. The molecule has 4 rings (SSSR count). The lowest BCUT2D eigenvalue weighted by molar-refractivity contribution is 0.121. The fourth-order valence-electron chi connectivity index (χ4n) is 3.74. The van der Waals surface area contributed by atoms with Crippen molar-refractivity contribution in [1.82, 2.24) is 14.9 Å². The summed E-state index contributed by atoms with van der Waals surface area (Å²) in [5.41, 5.74) is 1.03. The minimum atomic E-state index is 0.445. The molecule has 1 aromatic heterocycles. The highest BCUT2D eigenvalue weighted by molar-refractivity contribution is 5.33. The number of likely N-dealkylation sites (tertiary alicyclic amines) is 1. The summed E-state index contributed by atoms with van der Waals surface area (Å²) in [6.07, 6.45) is 6.92. The van der Waals surface area contributed by atoms with Gasteiger partial charge in [-0.2, -0.15) is 0 Å². The number of rotatable bonds is 5. The predicted octanol–water partition coefficient (Wildman–Crippen LogP) is 3.25. The monoisotopic (exact) mass is 355 g/mol. The summed E-state index contributed by atoms with van der Waals surface area (Å²) in [6, 6.07) is 8.08. The highest BCUT2D eigenvalue weighted by atomic mass is 16.5. The molecule has 0 radical (unpaired) electrons. The third-order valence-corrected chi connectivity index (χ3v) is 5.28. The number of hydrogen-bond acceptors (Lipinski definition) is 6. The van der Waals surface area contributed by atoms with Crippen LogP contribution in [0.2, 0.25) is 0 Å². The smallest absolute Gasteiger partial charge is 0.238 e. The van der Waals surface area contributed by atoms with Gasteiger partial charge in [-0.25, -0.2) is 4.98 Å². The van der Waals surface area contributed by atoms with Gasteiger partial charge in [0.1, 0.15) is 11.5 Å². The van der Waals surface area contributed by atoms with E-state index in [1.807, 2.05) is 30.5 Å². The fourth-order valence-corrected chi connectivity index (χ4v) is 3.74. The van der Waals surface area contributed by atoms with Crippen LogP contribution in [0.25, 0.3) is 0 Å². The van der Waals surface area contributed by atoms with E-state index >= 15 is 0 Å². The molecular formula is C20H25N3O3. The molecule has 0 amide bonds. The van der Waals surface area contributed by atoms with Gasteiger partial charge in [0.2, 0.25) is 5.88 Å². The number of benzene rings is 1. The maximum absolute atomic E-state index is 5.86. The lowest BCUT2D eigenvalue weighted by Crippen LogP contribution is -2.41. The number of ether oxygens (including phenoxy) is 3. The minimum absolute atomic E-state index is 0.445. The van der Waals surface area contributed by atoms with Crippen LogP contribution in [0.1, 0.15) is 30.9 Å². The molecule has 3 heterocycles. The molecule has 26 heavy (non-hydrogen) atoms. The maximum Gasteiger partial charge on any atom is 0.238 e. The van der Waals surface area contributed by atoms with Crippen molar-refractivity contribution in [2.75, 3.05) is 33.4 Å². The van der Waals surface area contributed by atoms with Crippen molar-refractivity contribution in [2.45, 2.75) is 31.2 Å². The Hall–Kier alpha value is -2.18. The lowest BCUT2D eigenvalue weighted by atomic mass is 9.93. The molecular weight excluding hydrogens is 330 g/mol. The highest BCUT2D eigenvalue weighted by Crippen LogP contribution is 2.30. The molecule has 0 bridgehead atoms. The van der Waals surface area contributed by atoms with E-state index in [1.54, 1.807) is 13.3 Å². The number of hydrogen-bond donors (Lipinski definition) is 0. The SMILES string of the molecule is COc1ccc(Oc2cncc(C3CCN(C4CCOC4)CC3)n2)cc1. The summed E-state index contributed by atoms with van der Waals surface area (Å²) in [6.45, 7) is 3.99. The number of aromatic nitrogens is 2. The molecule has 2 saturated heterocycles. The van der Waals surface area contributed by atoms with E-state index in [0.717, 1.165) is 62.8 Å². The Morgan fingerprint density at radius 3 is 2.50 bits per heavy atom. The quantitative estimate of drug-likeness (QED) is 0.821. The predicted molar refractivity (Wildman–Crippen MR) is 97.9 cm³/mol. The molecule has 2 aliphatic rings. The normalized spacial score (nSPS) is 21.7. The van der Waals surface area contributed by atoms with Crippen molar-refractivity contribution in [3.63, 3.8) is 0 Å². The van der Waals surface area contributed by atoms with Gasteiger partial charge in [-0.05, 0) is 56.6 Å². The van der Waals surface area contributed by atoms with Gasteiger partial charge in [-0.3, -0.25) is 9.88 Å². The standard InChI is InChI=1S/C20H25N3O3/c1-24-17-2-4-18(5-3-17)26-20-13-21-12-19(22-20)15-6-9-23(10-7-15)16-8-11-25-14-16/h2-5,12-13,15-16H,6-11,14H2,1H3. The van der Waals surface area contributed by atoms with Crippen molar-refractivity contribution in [3.8, 4) is 17.4 Å². The molecule has 1 atom stereocenters. The third kappa shape index (κ3) is 3.97. The molecule has 6 nitrogen and oxygen atoms in total. The summed E-state index contributed by atoms with van der Waals surface area (Å²) in [4.78, 5) is 11.6. The van der Waals surface area contributed by atoms with Crippen LogP contribution in [0, 0.1) is 0 Å². The Kier molecular flexibility index (Phi) is 5.32. The highest BCUT2D eigenvalue weighted by Gasteiger charge is 2.28. The lowest BCUT2D eigenvalue weighted by Gasteiger charge is -2.35. The zero-order valence-electron chi connectivity index (χ0n) is 15.1. The summed E-state index contributed by atoms with van der Waals surface area (Å²) in [5, 5.41) is 0. The summed E-state index contributed by atoms with van der Waals surface area (Å²) in [7, 11) is 1.65. The summed E-state index contributed by atoms with van der Waals surface area (Å²) in [5.74, 6) is 2.52. The van der Waals surface area contributed by atoms with Crippen molar-refractivity contribution < 1.29 is 14.2 Å². The summed E-state index contributed by atoms with van der Waals surface area (Å²) >= 11 is 0. The van der Waals surface area contributed by atoms with Gasteiger partial charge in [-0.1, -0.05) is 0 Å². The minimum Gasteiger partial charge on any atom is -0.497 e. The largest absolute Gasteiger partial charge is 0.497 e. The van der Waals surface area contributed by atoms with E-state index in [2.05, 4.69) is 9.88 Å². The van der Waals surface area contributed by atoms with Crippen molar-refractivity contribution in [2.24, 2.45) is 0 Å². The first-order valence-corrected chi connectivity index (χ1v) is 9.27. The van der Waals surface area contributed by atoms with Crippen LogP contribution in [0.15, 0.2) is 36.7 Å². The molecule has 138 valence electrons. The Balaban J connectivity index is 1.38. The molecule has 0 N–H and O–H groups in total. The van der Waals surface area contributed by atoms with Gasteiger partial charge in [-0.15, -0.1) is 0 Å². The zero-order chi connectivity index (χ0) is 17.8. The zero-order valence-corrected chi connectivity index (χ0v) is 15.1. The Labute approximate surface area is 154 Å². The second-order valence-electron chi connectivity index (χ2n) is 6.89. The van der Waals surface area contributed by atoms with Gasteiger partial charge in [0.25, 0.3) is 0 Å². The second kappa shape index (κ2) is 8.01. The van der Waals surface area contributed by atoms with Crippen LogP contribution in [0.5, 0.6) is 17.4 Å². The van der Waals surface area contributed by atoms with E-state index < -0.39 is 0 Å².